The van der Waals surface area contributed by atoms with Crippen LogP contribution >= 0.6 is 0 Å². The molecule has 6 aromatic carbocycles. The van der Waals surface area contributed by atoms with Gasteiger partial charge in [0.2, 0.25) is 0 Å². The lowest BCUT2D eigenvalue weighted by Crippen LogP contribution is -2.53. The largest absolute Gasteiger partial charge is 0.479 e. The van der Waals surface area contributed by atoms with Gasteiger partial charge in [-0.2, -0.15) is 15.3 Å². The molecule has 3 aromatic heterocycles. The number of carbonyl (C=O) groups is 8. The van der Waals surface area contributed by atoms with E-state index in [0.717, 1.165) is 93.3 Å². The Kier molecular flexibility index (Phi) is 23.4. The van der Waals surface area contributed by atoms with Crippen molar-refractivity contribution in [3.8, 4) is 67.2 Å². The van der Waals surface area contributed by atoms with Crippen molar-refractivity contribution in [3.05, 3.63) is 180 Å². The van der Waals surface area contributed by atoms with Crippen molar-refractivity contribution in [2.75, 3.05) is 94.9 Å². The fourth-order valence-electron chi connectivity index (χ4n) is 12.6. The Hall–Kier alpha value is -12.1. The van der Waals surface area contributed by atoms with Crippen molar-refractivity contribution in [3.63, 3.8) is 0 Å². The molecule has 15 rings (SSSR count). The molecule has 29 heteroatoms. The van der Waals surface area contributed by atoms with E-state index in [4.69, 9.17) is 25.4 Å². The number of H-pyrrole nitrogens is 3. The van der Waals surface area contributed by atoms with Crippen molar-refractivity contribution in [1.29, 1.82) is 0 Å². The number of hydrogen-bond donors (Lipinski definition) is 11. The number of carbonyl (C=O) groups excluding carboxylic acids is 7. The summed E-state index contributed by atoms with van der Waals surface area (Å²) < 4.78 is 10.5. The van der Waals surface area contributed by atoms with E-state index in [0.29, 0.717) is 125 Å². The number of hydrogen-bond acceptors (Lipinski definition) is 18. The molecule has 0 radical (unpaired) electrons. The van der Waals surface area contributed by atoms with Gasteiger partial charge in [0.15, 0.2) is 17.2 Å². The van der Waals surface area contributed by atoms with Gasteiger partial charge in [-0.05, 0) is 168 Å². The minimum absolute atomic E-state index is 0.0459. The fourth-order valence-corrected chi connectivity index (χ4v) is 12.6. The summed E-state index contributed by atoms with van der Waals surface area (Å²) >= 11 is 0. The molecular formula is C82H93N15O14. The van der Waals surface area contributed by atoms with E-state index < -0.39 is 46.2 Å². The molecule has 3 saturated heterocycles. The number of aliphatic carboxylic acids is 1. The van der Waals surface area contributed by atoms with Gasteiger partial charge in [-0.1, -0.05) is 91.0 Å². The fraction of sp³-hybridized carbons (Fsp3) is 0.354. The van der Waals surface area contributed by atoms with Crippen molar-refractivity contribution < 1.29 is 68.3 Å². The quantitative estimate of drug-likeness (QED) is 0.0482. The number of benzene rings is 6. The third-order valence-electron chi connectivity index (χ3n) is 19.4. The molecule has 0 spiro atoms. The first kappa shape index (κ1) is 78.5. The van der Waals surface area contributed by atoms with Gasteiger partial charge in [0.25, 0.3) is 29.5 Å². The van der Waals surface area contributed by atoms with Gasteiger partial charge in [-0.15, -0.1) is 0 Å². The van der Waals surface area contributed by atoms with Crippen molar-refractivity contribution in [1.82, 2.24) is 60.4 Å². The monoisotopic (exact) mass is 1510 g/mol. The molecule has 3 aliphatic heterocycles. The van der Waals surface area contributed by atoms with Crippen LogP contribution in [-0.2, 0) is 23.9 Å². The number of nitrogens with one attached hydrogen (secondary N) is 6. The second-order valence-corrected chi connectivity index (χ2v) is 30.4. The molecule has 29 nitrogen and oxygen atoms in total. The molecule has 0 unspecified atom stereocenters. The van der Waals surface area contributed by atoms with Gasteiger partial charge < -0.3 is 65.4 Å². The number of piperazine rings is 3. The molecule has 6 aliphatic rings. The van der Waals surface area contributed by atoms with Crippen LogP contribution in [0.4, 0.5) is 27.0 Å². The number of ether oxygens (including phenoxy) is 2. The zero-order valence-corrected chi connectivity index (χ0v) is 62.8. The van der Waals surface area contributed by atoms with Gasteiger partial charge in [-0.3, -0.25) is 49.9 Å². The third-order valence-corrected chi connectivity index (χ3v) is 19.4. The van der Waals surface area contributed by atoms with Gasteiger partial charge in [0, 0.05) is 130 Å². The molecule has 6 heterocycles. The first-order valence-corrected chi connectivity index (χ1v) is 37.0. The number of nitrogen functional groups attached to an aromatic ring is 1. The van der Waals surface area contributed by atoms with Crippen LogP contribution in [0.15, 0.2) is 164 Å². The standard InChI is InChI=1S/C29H33N5O5.C25H29N5O3.C24H25N5O3.C4H6O3/c1-28(2,3)39-27(37)30-24-18-23(31-32-24)22-6-4-5-21(17-22)19-7-9-20(10-8-19)25(35)33-13-15-34(16-14-33)26(36)29(38)11-12-29;1-25(2,3)33-24(32)27-22-16-21(28-29-22)20-6-4-5-19(15-20)17-7-9-18(10-8-17)23(31)30-13-11-26-12-14-30;25-21-15-20(26-27-21)19-3-1-2-18(14-19)16-4-6-17(7-5-16)22(30)28-10-12-29(13-11-28)23(31)24(32)8-9-24;5-3(6)4(7)1-2-4/h4-10,17-18,38H,11-16H2,1-3H3,(H2,30,31,32,37);4-10,15-16,26H,11-14H2,1-3H3,(H2,27,28,29,32);1-7,14-15,32H,8-13H2,(H3,25,26,27);7H,1-2H2,(H,5,6). The first-order valence-electron chi connectivity index (χ1n) is 37.0. The zero-order valence-electron chi connectivity index (χ0n) is 62.8. The smallest absolute Gasteiger partial charge is 0.413 e. The van der Waals surface area contributed by atoms with Gasteiger partial charge >= 0.3 is 18.2 Å². The van der Waals surface area contributed by atoms with Crippen molar-refractivity contribution in [2.45, 2.75) is 108 Å². The zero-order chi connectivity index (χ0) is 79.0. The van der Waals surface area contributed by atoms with Gasteiger partial charge in [-0.25, -0.2) is 14.4 Å². The molecule has 7 amide bonds. The van der Waals surface area contributed by atoms with E-state index in [9.17, 15) is 48.6 Å². The lowest BCUT2D eigenvalue weighted by Gasteiger charge is -2.35. The van der Waals surface area contributed by atoms with E-state index in [1.165, 1.54) is 0 Å². The van der Waals surface area contributed by atoms with E-state index in [-0.39, 0.29) is 29.5 Å². The molecule has 111 heavy (non-hydrogen) atoms. The van der Waals surface area contributed by atoms with E-state index in [1.54, 1.807) is 58.6 Å². The Bertz CT molecular complexity index is 4850. The molecular weight excluding hydrogens is 1420 g/mol. The third kappa shape index (κ3) is 20.5. The Morgan fingerprint density at radius 3 is 0.973 bits per heavy atom. The molecule has 9 aromatic rings. The second-order valence-electron chi connectivity index (χ2n) is 30.4. The van der Waals surface area contributed by atoms with Crippen LogP contribution in [-0.4, -0.2) is 230 Å². The number of nitrogens with two attached hydrogens (primary N) is 1. The minimum atomic E-state index is -1.33. The molecule has 3 aliphatic carbocycles. The number of anilines is 3. The Morgan fingerprint density at radius 2 is 0.685 bits per heavy atom. The highest BCUT2D eigenvalue weighted by Gasteiger charge is 2.52. The van der Waals surface area contributed by atoms with Crippen molar-refractivity contribution in [2.24, 2.45) is 0 Å². The summed E-state index contributed by atoms with van der Waals surface area (Å²) in [6.45, 7) is 17.5. The summed E-state index contributed by atoms with van der Waals surface area (Å²) in [6.07, 6.45) is 1.83. The first-order chi connectivity index (χ1) is 52.9. The van der Waals surface area contributed by atoms with Crippen molar-refractivity contribution >= 4 is 65.1 Å². The van der Waals surface area contributed by atoms with Crippen LogP contribution in [0.25, 0.3) is 67.2 Å². The van der Waals surface area contributed by atoms with Gasteiger partial charge in [0.1, 0.15) is 28.2 Å². The normalized spacial score (nSPS) is 16.5. The van der Waals surface area contributed by atoms with Gasteiger partial charge in [0.05, 0.1) is 17.1 Å². The lowest BCUT2D eigenvalue weighted by atomic mass is 10.0. The summed E-state index contributed by atoms with van der Waals surface area (Å²) in [7, 11) is 0. The van der Waals surface area contributed by atoms with E-state index in [1.807, 2.05) is 171 Å². The number of aromatic nitrogens is 6. The Labute approximate surface area is 641 Å². The second kappa shape index (κ2) is 33.0. The molecule has 3 saturated carbocycles. The predicted molar refractivity (Wildman–Crippen MR) is 416 cm³/mol. The van der Waals surface area contributed by atoms with E-state index >= 15 is 0 Å². The van der Waals surface area contributed by atoms with Crippen LogP contribution in [0.3, 0.4) is 0 Å². The highest BCUT2D eigenvalue weighted by molar-refractivity contribution is 5.97. The van der Waals surface area contributed by atoms with Crippen LogP contribution in [0.2, 0.25) is 0 Å². The number of carboxylic acid groups (broad SMARTS) is 1. The predicted octanol–water partition coefficient (Wildman–Crippen LogP) is 9.77. The SMILES string of the molecule is CC(C)(C)OC(=O)Nc1cc(-c2cccc(-c3ccc(C(=O)N4CCN(C(=O)C5(O)CC5)CC4)cc3)c2)[nH]n1.CC(C)(C)OC(=O)Nc1cc(-c2cccc(-c3ccc(C(=O)N4CCNCC4)cc3)c2)[nH]n1.Nc1cc(-c2cccc(-c3ccc(C(=O)N4CCN(C(=O)C5(O)CC5)CC4)cc3)c2)[nH]n1.O=C(O)C1(O)CC1. The Balaban J connectivity index is 0.000000148. The highest BCUT2D eigenvalue weighted by atomic mass is 16.6. The van der Waals surface area contributed by atoms with Crippen LogP contribution in [0.5, 0.6) is 0 Å². The van der Waals surface area contributed by atoms with Crippen LogP contribution in [0.1, 0.15) is 111 Å². The number of aliphatic hydroxyl groups is 3. The van der Waals surface area contributed by atoms with Crippen LogP contribution < -0.4 is 21.7 Å². The summed E-state index contributed by atoms with van der Waals surface area (Å²) in [5.74, 6) is -0.360. The number of amides is 7. The van der Waals surface area contributed by atoms with E-state index in [2.05, 4.69) is 46.5 Å². The number of carboxylic acids is 1. The summed E-state index contributed by atoms with van der Waals surface area (Å²) in [5, 5.41) is 66.4. The number of aromatic amines is 3. The maximum Gasteiger partial charge on any atom is 0.413 e. The summed E-state index contributed by atoms with van der Waals surface area (Å²) in [4.78, 5) is 106. The number of nitrogens with zero attached hydrogens (tertiary/aromatic N) is 8. The highest BCUT2D eigenvalue weighted by Crippen LogP contribution is 2.39. The van der Waals surface area contributed by atoms with Crippen LogP contribution in [0, 0.1) is 0 Å². The maximum atomic E-state index is 13.1. The lowest BCUT2D eigenvalue weighted by molar-refractivity contribution is -0.149. The molecule has 0 atom stereocenters. The average Bonchev–Trinajstić information content (AvgIpc) is 1.67. The Morgan fingerprint density at radius 1 is 0.387 bits per heavy atom. The summed E-state index contributed by atoms with van der Waals surface area (Å²) in [6, 6.07) is 51.9. The number of rotatable bonds is 14. The summed E-state index contributed by atoms with van der Waals surface area (Å²) in [5.41, 5.74) is 13.9. The molecule has 6 fully saturated rings. The molecule has 12 N–H and O–H groups in total. The molecule has 0 bridgehead atoms. The minimum Gasteiger partial charge on any atom is -0.479 e. The topological polar surface area (TPSA) is 400 Å². The molecule has 580 valence electrons. The average molecular weight is 1510 g/mol. The maximum absolute atomic E-state index is 13.1.